The number of hydrogen-bond acceptors (Lipinski definition) is 4. The first-order chi connectivity index (χ1) is 8.24. The minimum absolute atomic E-state index is 0.104. The molecule has 1 atom stereocenters. The van der Waals surface area contributed by atoms with Crippen molar-refractivity contribution in [1.29, 1.82) is 0 Å². The molecule has 1 unspecified atom stereocenters. The van der Waals surface area contributed by atoms with Gasteiger partial charge in [0.2, 0.25) is 0 Å². The maximum atomic E-state index is 10.4. The second kappa shape index (κ2) is 6.10. The van der Waals surface area contributed by atoms with Crippen molar-refractivity contribution in [3.05, 3.63) is 17.8 Å². The van der Waals surface area contributed by atoms with E-state index in [1.807, 2.05) is 11.8 Å². The first-order valence-corrected chi connectivity index (χ1v) is 7.06. The molecule has 1 aliphatic heterocycles. The summed E-state index contributed by atoms with van der Waals surface area (Å²) in [7, 11) is 0. The fourth-order valence-corrected chi connectivity index (χ4v) is 3.25. The number of aryl methyl sites for hydroxylation is 1. The van der Waals surface area contributed by atoms with Gasteiger partial charge >= 0.3 is 5.97 Å². The lowest BCUT2D eigenvalue weighted by atomic mass is 10.1. The Kier molecular flexibility index (Phi) is 4.48. The minimum atomic E-state index is -0.800. The molecule has 4 nitrogen and oxygen atoms in total. The first-order valence-electron chi connectivity index (χ1n) is 6.01. The van der Waals surface area contributed by atoms with Crippen molar-refractivity contribution >= 4 is 17.7 Å². The number of carbonyl (C=O) groups is 1. The van der Waals surface area contributed by atoms with Crippen LogP contribution in [0.1, 0.15) is 37.3 Å². The number of thioether (sulfide) groups is 1. The van der Waals surface area contributed by atoms with Crippen LogP contribution < -0.4 is 0 Å². The number of carboxylic acids is 1. The average molecular weight is 255 g/mol. The molecule has 0 radical (unpaired) electrons. The number of carboxylic acid groups (broad SMARTS) is 1. The molecule has 2 heterocycles. The van der Waals surface area contributed by atoms with Crippen LogP contribution in [0.25, 0.3) is 0 Å². The van der Waals surface area contributed by atoms with Crippen molar-refractivity contribution in [2.45, 2.75) is 43.8 Å². The molecule has 1 aromatic rings. The normalized spacial score (nSPS) is 20.4. The maximum absolute atomic E-state index is 10.4. The Morgan fingerprint density at radius 2 is 2.47 bits per heavy atom. The molecule has 0 amide bonds. The summed E-state index contributed by atoms with van der Waals surface area (Å²) in [5.74, 6) is 1.87. The van der Waals surface area contributed by atoms with Gasteiger partial charge in [-0.3, -0.25) is 4.79 Å². The molecule has 0 aliphatic carbocycles. The van der Waals surface area contributed by atoms with E-state index in [0.717, 1.165) is 12.3 Å². The molecule has 0 aromatic carbocycles. The van der Waals surface area contributed by atoms with Crippen LogP contribution >= 0.6 is 11.8 Å². The molecule has 0 bridgehead atoms. The summed E-state index contributed by atoms with van der Waals surface area (Å²) in [6.07, 6.45) is 6.91. The van der Waals surface area contributed by atoms with Gasteiger partial charge in [-0.2, -0.15) is 11.8 Å². The zero-order chi connectivity index (χ0) is 12.1. The molecule has 2 rings (SSSR count). The van der Waals surface area contributed by atoms with E-state index in [1.54, 1.807) is 6.20 Å². The number of aromatic nitrogens is 1. The van der Waals surface area contributed by atoms with E-state index in [-0.39, 0.29) is 6.42 Å². The zero-order valence-corrected chi connectivity index (χ0v) is 10.5. The molecule has 17 heavy (non-hydrogen) atoms. The van der Waals surface area contributed by atoms with E-state index >= 15 is 0 Å². The Labute approximate surface area is 105 Å². The van der Waals surface area contributed by atoms with Gasteiger partial charge in [0.25, 0.3) is 0 Å². The first kappa shape index (κ1) is 12.5. The molecule has 1 aromatic heterocycles. The van der Waals surface area contributed by atoms with E-state index in [1.165, 1.54) is 25.0 Å². The molecular formula is C12H17NO3S. The molecule has 0 saturated carbocycles. The highest BCUT2D eigenvalue weighted by molar-refractivity contribution is 7.99. The third kappa shape index (κ3) is 4.07. The van der Waals surface area contributed by atoms with Crippen molar-refractivity contribution in [2.75, 3.05) is 5.75 Å². The summed E-state index contributed by atoms with van der Waals surface area (Å²) >= 11 is 1.99. The highest BCUT2D eigenvalue weighted by Gasteiger charge is 2.17. The van der Waals surface area contributed by atoms with Crippen LogP contribution in [-0.2, 0) is 17.6 Å². The van der Waals surface area contributed by atoms with Gasteiger partial charge in [0, 0.05) is 18.1 Å². The minimum Gasteiger partial charge on any atom is -0.481 e. The van der Waals surface area contributed by atoms with E-state index in [4.69, 9.17) is 9.52 Å². The van der Waals surface area contributed by atoms with Crippen LogP contribution in [0.3, 0.4) is 0 Å². The maximum Gasteiger partial charge on any atom is 0.303 e. The van der Waals surface area contributed by atoms with E-state index in [0.29, 0.717) is 17.4 Å². The van der Waals surface area contributed by atoms with Crippen LogP contribution in [0.4, 0.5) is 0 Å². The number of nitrogens with zero attached hydrogens (tertiary/aromatic N) is 1. The predicted molar refractivity (Wildman–Crippen MR) is 66.3 cm³/mol. The second-order valence-electron chi connectivity index (χ2n) is 4.31. The lowest BCUT2D eigenvalue weighted by molar-refractivity contribution is -0.137. The van der Waals surface area contributed by atoms with Crippen LogP contribution in [0.15, 0.2) is 10.6 Å². The SMILES string of the molecule is O=C(O)CCc1cnc(CC2CCCCS2)o1. The van der Waals surface area contributed by atoms with Crippen LogP contribution in [0, 0.1) is 0 Å². The van der Waals surface area contributed by atoms with Gasteiger partial charge in [-0.05, 0) is 18.6 Å². The standard InChI is InChI=1S/C12H17NO3S/c14-12(15)5-4-9-8-13-11(16-9)7-10-3-1-2-6-17-10/h8,10H,1-7H2,(H,14,15). The van der Waals surface area contributed by atoms with Crippen molar-refractivity contribution in [3.8, 4) is 0 Å². The van der Waals surface area contributed by atoms with Crippen molar-refractivity contribution in [2.24, 2.45) is 0 Å². The van der Waals surface area contributed by atoms with Gasteiger partial charge in [-0.1, -0.05) is 6.42 Å². The Hall–Kier alpha value is -0.970. The average Bonchev–Trinajstić information content (AvgIpc) is 2.75. The van der Waals surface area contributed by atoms with Crippen LogP contribution in [-0.4, -0.2) is 27.1 Å². The highest BCUT2D eigenvalue weighted by atomic mass is 32.2. The van der Waals surface area contributed by atoms with E-state index < -0.39 is 5.97 Å². The fraction of sp³-hybridized carbons (Fsp3) is 0.667. The lowest BCUT2D eigenvalue weighted by Crippen LogP contribution is -2.12. The summed E-state index contributed by atoms with van der Waals surface area (Å²) in [5, 5.41) is 9.20. The van der Waals surface area contributed by atoms with Gasteiger partial charge in [0.1, 0.15) is 5.76 Å². The van der Waals surface area contributed by atoms with E-state index in [9.17, 15) is 4.79 Å². The van der Waals surface area contributed by atoms with Gasteiger partial charge in [-0.15, -0.1) is 0 Å². The molecule has 1 aliphatic rings. The number of rotatable bonds is 5. The predicted octanol–water partition coefficient (Wildman–Crippen LogP) is 2.52. The molecular weight excluding hydrogens is 238 g/mol. The van der Waals surface area contributed by atoms with Crippen molar-refractivity contribution in [3.63, 3.8) is 0 Å². The van der Waals surface area contributed by atoms with Crippen molar-refractivity contribution < 1.29 is 14.3 Å². The molecule has 1 fully saturated rings. The second-order valence-corrected chi connectivity index (χ2v) is 5.72. The molecule has 1 N–H and O–H groups in total. The quantitative estimate of drug-likeness (QED) is 0.876. The molecule has 5 heteroatoms. The number of oxazole rings is 1. The Morgan fingerprint density at radius 3 is 3.18 bits per heavy atom. The van der Waals surface area contributed by atoms with Gasteiger partial charge in [-0.25, -0.2) is 4.98 Å². The van der Waals surface area contributed by atoms with Crippen LogP contribution in [0.2, 0.25) is 0 Å². The third-order valence-electron chi connectivity index (χ3n) is 2.86. The highest BCUT2D eigenvalue weighted by Crippen LogP contribution is 2.27. The van der Waals surface area contributed by atoms with Crippen molar-refractivity contribution in [1.82, 2.24) is 4.98 Å². The monoisotopic (exact) mass is 255 g/mol. The molecule has 94 valence electrons. The Bertz CT molecular complexity index is 372. The van der Waals surface area contributed by atoms with Gasteiger partial charge in [0.15, 0.2) is 5.89 Å². The number of hydrogen-bond donors (Lipinski definition) is 1. The zero-order valence-electron chi connectivity index (χ0n) is 9.72. The topological polar surface area (TPSA) is 63.3 Å². The van der Waals surface area contributed by atoms with Gasteiger partial charge < -0.3 is 9.52 Å². The molecule has 0 spiro atoms. The summed E-state index contributed by atoms with van der Waals surface area (Å²) in [4.78, 5) is 14.6. The Balaban J connectivity index is 1.82. The molecule has 1 saturated heterocycles. The largest absolute Gasteiger partial charge is 0.481 e. The summed E-state index contributed by atoms with van der Waals surface area (Å²) in [6.45, 7) is 0. The summed E-state index contributed by atoms with van der Waals surface area (Å²) in [6, 6.07) is 0. The van der Waals surface area contributed by atoms with Crippen LogP contribution in [0.5, 0.6) is 0 Å². The summed E-state index contributed by atoms with van der Waals surface area (Å²) < 4.78 is 5.55. The lowest BCUT2D eigenvalue weighted by Gasteiger charge is -2.19. The third-order valence-corrected chi connectivity index (χ3v) is 4.26. The Morgan fingerprint density at radius 1 is 1.59 bits per heavy atom. The van der Waals surface area contributed by atoms with E-state index in [2.05, 4.69) is 4.98 Å². The number of aliphatic carboxylic acids is 1. The fourth-order valence-electron chi connectivity index (χ4n) is 1.95. The van der Waals surface area contributed by atoms with Gasteiger partial charge in [0.05, 0.1) is 12.6 Å². The smallest absolute Gasteiger partial charge is 0.303 e. The summed E-state index contributed by atoms with van der Waals surface area (Å²) in [5.41, 5.74) is 0.